The van der Waals surface area contributed by atoms with Gasteiger partial charge in [-0.05, 0) is 30.7 Å². The third-order valence-electron chi connectivity index (χ3n) is 4.07. The molecule has 1 aromatic carbocycles. The molecule has 1 aliphatic heterocycles. The maximum absolute atomic E-state index is 12.4. The zero-order valence-electron chi connectivity index (χ0n) is 14.0. The molecule has 132 valence electrons. The summed E-state index contributed by atoms with van der Waals surface area (Å²) in [7, 11) is -3.50. The van der Waals surface area contributed by atoms with Gasteiger partial charge in [0.25, 0.3) is 5.91 Å². The van der Waals surface area contributed by atoms with Crippen LogP contribution in [0.4, 0.5) is 0 Å². The Hall–Kier alpha value is -2.38. The molecule has 0 saturated carbocycles. The van der Waals surface area contributed by atoms with Gasteiger partial charge in [-0.3, -0.25) is 4.79 Å². The van der Waals surface area contributed by atoms with E-state index < -0.39 is 10.0 Å². The van der Waals surface area contributed by atoms with E-state index in [1.54, 1.807) is 30.0 Å². The van der Waals surface area contributed by atoms with Crippen LogP contribution >= 0.6 is 0 Å². The van der Waals surface area contributed by atoms with Crippen LogP contribution in [0.15, 0.2) is 52.3 Å². The molecule has 1 saturated heterocycles. The number of amides is 1. The smallest absolute Gasteiger partial charge is 0.289 e. The van der Waals surface area contributed by atoms with Crippen LogP contribution in [0.25, 0.3) is 6.08 Å². The Labute approximate surface area is 147 Å². The zero-order chi connectivity index (χ0) is 17.9. The van der Waals surface area contributed by atoms with Gasteiger partial charge >= 0.3 is 0 Å². The minimum Gasteiger partial charge on any atom is -0.456 e. The molecule has 1 aliphatic rings. The molecule has 0 unspecified atom stereocenters. The molecule has 0 N–H and O–H groups in total. The van der Waals surface area contributed by atoms with Crippen molar-refractivity contribution in [3.63, 3.8) is 0 Å². The average molecular weight is 360 g/mol. The Bertz CT molecular complexity index is 863. The van der Waals surface area contributed by atoms with E-state index in [4.69, 9.17) is 4.42 Å². The van der Waals surface area contributed by atoms with Crippen molar-refractivity contribution in [3.05, 3.63) is 65.0 Å². The molecule has 0 radical (unpaired) electrons. The normalized spacial score (nSPS) is 16.4. The number of rotatable bonds is 4. The quantitative estimate of drug-likeness (QED) is 0.839. The van der Waals surface area contributed by atoms with Crippen molar-refractivity contribution in [1.29, 1.82) is 0 Å². The summed E-state index contributed by atoms with van der Waals surface area (Å²) in [6, 6.07) is 12.6. The number of hydrogen-bond donors (Lipinski definition) is 0. The van der Waals surface area contributed by atoms with Gasteiger partial charge in [0.1, 0.15) is 5.76 Å². The van der Waals surface area contributed by atoms with Gasteiger partial charge in [0, 0.05) is 31.6 Å². The molecular weight excluding hydrogens is 340 g/mol. The highest BCUT2D eigenvalue weighted by Gasteiger charge is 2.28. The minimum atomic E-state index is -3.50. The zero-order valence-corrected chi connectivity index (χ0v) is 14.8. The predicted molar refractivity (Wildman–Crippen MR) is 95.3 cm³/mol. The third kappa shape index (κ3) is 4.18. The first kappa shape index (κ1) is 17.4. The van der Waals surface area contributed by atoms with Gasteiger partial charge in [-0.2, -0.15) is 4.31 Å². The fourth-order valence-corrected chi connectivity index (χ4v) is 3.84. The maximum atomic E-state index is 12.4. The monoisotopic (exact) mass is 360 g/mol. The number of sulfonamides is 1. The summed E-state index contributed by atoms with van der Waals surface area (Å²) in [5.74, 6) is 0.762. The fourth-order valence-electron chi connectivity index (χ4n) is 2.67. The fraction of sp³-hybridized carbons (Fsp3) is 0.278. The number of nitrogens with zero attached hydrogens (tertiary/aromatic N) is 2. The Morgan fingerprint density at radius 3 is 2.32 bits per heavy atom. The van der Waals surface area contributed by atoms with Crippen molar-refractivity contribution in [1.82, 2.24) is 9.21 Å². The van der Waals surface area contributed by atoms with Gasteiger partial charge in [-0.25, -0.2) is 8.42 Å². The van der Waals surface area contributed by atoms with E-state index in [2.05, 4.69) is 0 Å². The van der Waals surface area contributed by atoms with Crippen molar-refractivity contribution in [2.75, 3.05) is 26.2 Å². The molecule has 25 heavy (non-hydrogen) atoms. The highest BCUT2D eigenvalue weighted by Crippen LogP contribution is 2.15. The first-order valence-corrected chi connectivity index (χ1v) is 9.55. The number of carbonyl (C=O) groups is 1. The number of furan rings is 1. The average Bonchev–Trinajstić information content (AvgIpc) is 3.07. The Morgan fingerprint density at radius 2 is 1.72 bits per heavy atom. The Kier molecular flexibility index (Phi) is 5.06. The van der Waals surface area contributed by atoms with Crippen LogP contribution in [-0.2, 0) is 10.0 Å². The molecule has 0 atom stereocenters. The summed E-state index contributed by atoms with van der Waals surface area (Å²) in [6.07, 6.45) is 1.58. The van der Waals surface area contributed by atoms with Crippen LogP contribution < -0.4 is 0 Å². The summed E-state index contributed by atoms with van der Waals surface area (Å²) < 4.78 is 31.6. The lowest BCUT2D eigenvalue weighted by Gasteiger charge is -2.32. The van der Waals surface area contributed by atoms with E-state index in [1.165, 1.54) is 9.71 Å². The SMILES string of the molecule is Cc1ccc(C(=O)N2CCN(S(=O)(=O)C=Cc3ccccc3)CC2)o1. The van der Waals surface area contributed by atoms with Crippen molar-refractivity contribution in [3.8, 4) is 0 Å². The lowest BCUT2D eigenvalue weighted by Crippen LogP contribution is -2.50. The molecule has 2 heterocycles. The number of carbonyl (C=O) groups excluding carboxylic acids is 1. The summed E-state index contributed by atoms with van der Waals surface area (Å²) >= 11 is 0. The number of benzene rings is 1. The van der Waals surface area contributed by atoms with Crippen molar-refractivity contribution in [2.45, 2.75) is 6.92 Å². The first-order chi connectivity index (χ1) is 12.0. The standard InChI is InChI=1S/C18H20N2O4S/c1-15-7-8-17(24-15)18(21)19-10-12-20(13-11-19)25(22,23)14-9-16-5-3-2-4-6-16/h2-9,14H,10-13H2,1H3. The topological polar surface area (TPSA) is 70.8 Å². The first-order valence-electron chi connectivity index (χ1n) is 8.05. The van der Waals surface area contributed by atoms with E-state index >= 15 is 0 Å². The van der Waals surface area contributed by atoms with Crippen LogP contribution in [0.2, 0.25) is 0 Å². The van der Waals surface area contributed by atoms with Crippen LogP contribution in [-0.4, -0.2) is 49.7 Å². The molecule has 0 aliphatic carbocycles. The molecule has 2 aromatic rings. The van der Waals surface area contributed by atoms with Gasteiger partial charge < -0.3 is 9.32 Å². The highest BCUT2D eigenvalue weighted by atomic mass is 32.2. The van der Waals surface area contributed by atoms with Crippen molar-refractivity contribution < 1.29 is 17.6 Å². The van der Waals surface area contributed by atoms with E-state index in [9.17, 15) is 13.2 Å². The molecule has 1 amide bonds. The number of piperazine rings is 1. The minimum absolute atomic E-state index is 0.204. The molecule has 0 spiro atoms. The number of hydrogen-bond acceptors (Lipinski definition) is 4. The molecular formula is C18H20N2O4S. The second kappa shape index (κ2) is 7.25. The second-order valence-electron chi connectivity index (χ2n) is 5.86. The summed E-state index contributed by atoms with van der Waals surface area (Å²) in [5.41, 5.74) is 0.827. The van der Waals surface area contributed by atoms with E-state index in [1.807, 2.05) is 30.3 Å². The molecule has 1 fully saturated rings. The van der Waals surface area contributed by atoms with Gasteiger partial charge in [-0.15, -0.1) is 0 Å². The molecule has 0 bridgehead atoms. The largest absolute Gasteiger partial charge is 0.456 e. The van der Waals surface area contributed by atoms with E-state index in [0.717, 1.165) is 5.56 Å². The number of aryl methyl sites for hydroxylation is 1. The lowest BCUT2D eigenvalue weighted by atomic mass is 10.2. The van der Waals surface area contributed by atoms with Gasteiger partial charge in [0.2, 0.25) is 10.0 Å². The highest BCUT2D eigenvalue weighted by molar-refractivity contribution is 7.92. The Balaban J connectivity index is 1.61. The summed E-state index contributed by atoms with van der Waals surface area (Å²) in [6.45, 7) is 3.01. The Morgan fingerprint density at radius 1 is 1.04 bits per heavy atom. The lowest BCUT2D eigenvalue weighted by molar-refractivity contribution is 0.0665. The van der Waals surface area contributed by atoms with Crippen molar-refractivity contribution >= 4 is 22.0 Å². The van der Waals surface area contributed by atoms with Gasteiger partial charge in [-0.1, -0.05) is 30.3 Å². The van der Waals surface area contributed by atoms with Crippen LogP contribution in [0, 0.1) is 6.92 Å². The van der Waals surface area contributed by atoms with Crippen LogP contribution in [0.1, 0.15) is 21.9 Å². The third-order valence-corrected chi connectivity index (χ3v) is 5.63. The van der Waals surface area contributed by atoms with Crippen LogP contribution in [0.5, 0.6) is 0 Å². The van der Waals surface area contributed by atoms with E-state index in [0.29, 0.717) is 18.8 Å². The maximum Gasteiger partial charge on any atom is 0.289 e. The molecule has 6 nitrogen and oxygen atoms in total. The molecule has 7 heteroatoms. The second-order valence-corrected chi connectivity index (χ2v) is 7.68. The van der Waals surface area contributed by atoms with E-state index in [-0.39, 0.29) is 24.8 Å². The predicted octanol–water partition coefficient (Wildman–Crippen LogP) is 2.35. The molecule has 3 rings (SSSR count). The summed E-state index contributed by atoms with van der Waals surface area (Å²) in [5, 5.41) is 1.22. The van der Waals surface area contributed by atoms with Gasteiger partial charge in [0.05, 0.1) is 0 Å². The van der Waals surface area contributed by atoms with Crippen LogP contribution in [0.3, 0.4) is 0 Å². The van der Waals surface area contributed by atoms with Gasteiger partial charge in [0.15, 0.2) is 5.76 Å². The summed E-state index contributed by atoms with van der Waals surface area (Å²) in [4.78, 5) is 13.9. The van der Waals surface area contributed by atoms with Crippen molar-refractivity contribution in [2.24, 2.45) is 0 Å². The molecule has 1 aromatic heterocycles.